The Hall–Kier alpha value is -2.75. The van der Waals surface area contributed by atoms with Gasteiger partial charge in [-0.15, -0.1) is 6.58 Å². The number of hydrogen-bond donors (Lipinski definition) is 0. The normalized spacial score (nSPS) is 10.9. The molecule has 4 nitrogen and oxygen atoms in total. The van der Waals surface area contributed by atoms with Crippen LogP contribution in [0.1, 0.15) is 29.5 Å². The monoisotopic (exact) mass is 364 g/mol. The number of imidazole rings is 1. The van der Waals surface area contributed by atoms with Gasteiger partial charge in [0.25, 0.3) is 0 Å². The number of ether oxygens (including phenoxy) is 2. The second-order valence-electron chi connectivity index (χ2n) is 6.90. The molecule has 3 rings (SSSR count). The highest BCUT2D eigenvalue weighted by molar-refractivity contribution is 5.77. The van der Waals surface area contributed by atoms with Gasteiger partial charge in [0, 0.05) is 6.54 Å². The third-order valence-corrected chi connectivity index (χ3v) is 4.90. The van der Waals surface area contributed by atoms with E-state index in [9.17, 15) is 0 Å². The van der Waals surface area contributed by atoms with Crippen molar-refractivity contribution in [3.05, 3.63) is 66.0 Å². The van der Waals surface area contributed by atoms with E-state index in [4.69, 9.17) is 9.47 Å². The van der Waals surface area contributed by atoms with Crippen molar-refractivity contribution < 1.29 is 9.47 Å². The van der Waals surface area contributed by atoms with Crippen molar-refractivity contribution in [2.45, 2.75) is 39.7 Å². The second-order valence-corrected chi connectivity index (χ2v) is 6.90. The molecule has 1 aromatic heterocycles. The molecule has 27 heavy (non-hydrogen) atoms. The van der Waals surface area contributed by atoms with Crippen LogP contribution in [0.15, 0.2) is 49.3 Å². The molecule has 0 N–H and O–H groups in total. The van der Waals surface area contributed by atoms with E-state index in [2.05, 4.69) is 48.2 Å². The van der Waals surface area contributed by atoms with Crippen molar-refractivity contribution in [3.63, 3.8) is 0 Å². The average Bonchev–Trinajstić information content (AvgIpc) is 3.04. The molecular weight excluding hydrogens is 336 g/mol. The molecule has 0 amide bonds. The molecule has 4 heteroatoms. The van der Waals surface area contributed by atoms with Gasteiger partial charge in [-0.05, 0) is 74.1 Å². The Balaban J connectivity index is 1.52. The summed E-state index contributed by atoms with van der Waals surface area (Å²) in [4.78, 5) is 4.52. The van der Waals surface area contributed by atoms with E-state index in [0.717, 1.165) is 42.8 Å². The quantitative estimate of drug-likeness (QED) is 0.384. The summed E-state index contributed by atoms with van der Waals surface area (Å²) in [5, 5.41) is 0. The Morgan fingerprint density at radius 3 is 2.67 bits per heavy atom. The Bertz CT molecular complexity index is 928. The van der Waals surface area contributed by atoms with E-state index in [1.54, 1.807) is 7.11 Å². The minimum Gasteiger partial charge on any atom is -0.493 e. The van der Waals surface area contributed by atoms with Gasteiger partial charge in [-0.3, -0.25) is 0 Å². The van der Waals surface area contributed by atoms with E-state index in [-0.39, 0.29) is 0 Å². The van der Waals surface area contributed by atoms with Crippen LogP contribution in [0.2, 0.25) is 0 Å². The molecule has 142 valence electrons. The largest absolute Gasteiger partial charge is 0.493 e. The Morgan fingerprint density at radius 1 is 1.07 bits per heavy atom. The summed E-state index contributed by atoms with van der Waals surface area (Å²) in [5.74, 6) is 1.57. The average molecular weight is 364 g/mol. The maximum absolute atomic E-state index is 5.93. The van der Waals surface area contributed by atoms with Crippen LogP contribution in [-0.4, -0.2) is 23.3 Å². The molecule has 0 spiro atoms. The Labute approximate surface area is 161 Å². The third-order valence-electron chi connectivity index (χ3n) is 4.90. The lowest BCUT2D eigenvalue weighted by Gasteiger charge is -2.12. The summed E-state index contributed by atoms with van der Waals surface area (Å²) in [7, 11) is 1.67. The molecule has 0 bridgehead atoms. The summed E-state index contributed by atoms with van der Waals surface area (Å²) in [6.07, 6.45) is 6.66. The van der Waals surface area contributed by atoms with Crippen LogP contribution in [-0.2, 0) is 13.0 Å². The fourth-order valence-electron chi connectivity index (χ4n) is 3.18. The van der Waals surface area contributed by atoms with Crippen molar-refractivity contribution in [1.82, 2.24) is 9.55 Å². The first-order valence-electron chi connectivity index (χ1n) is 9.45. The second kappa shape index (κ2) is 8.76. The van der Waals surface area contributed by atoms with E-state index in [0.29, 0.717) is 6.61 Å². The number of benzene rings is 2. The van der Waals surface area contributed by atoms with E-state index >= 15 is 0 Å². The smallest absolute Gasteiger partial charge is 0.161 e. The molecule has 2 aromatic carbocycles. The lowest BCUT2D eigenvalue weighted by atomic mass is 10.1. The molecule has 0 unspecified atom stereocenters. The SMILES string of the molecule is C=CCc1ccc(OCCCCn2cnc3cc(C)c(C)cc32)c(OC)c1. The molecule has 0 saturated heterocycles. The van der Waals surface area contributed by atoms with Gasteiger partial charge < -0.3 is 14.0 Å². The fraction of sp³-hybridized carbons (Fsp3) is 0.348. The summed E-state index contributed by atoms with van der Waals surface area (Å²) in [6.45, 7) is 9.66. The van der Waals surface area contributed by atoms with Gasteiger partial charge >= 0.3 is 0 Å². The topological polar surface area (TPSA) is 36.3 Å². The maximum atomic E-state index is 5.93. The number of aromatic nitrogens is 2. The zero-order valence-corrected chi connectivity index (χ0v) is 16.5. The van der Waals surface area contributed by atoms with Gasteiger partial charge in [0.15, 0.2) is 11.5 Å². The molecule has 0 saturated carbocycles. The molecule has 3 aromatic rings. The third kappa shape index (κ3) is 4.51. The number of fused-ring (bicyclic) bond motifs is 1. The van der Waals surface area contributed by atoms with Crippen LogP contribution < -0.4 is 9.47 Å². The minimum atomic E-state index is 0.669. The maximum Gasteiger partial charge on any atom is 0.161 e. The summed E-state index contributed by atoms with van der Waals surface area (Å²) in [5.41, 5.74) is 6.04. The minimum absolute atomic E-state index is 0.669. The zero-order valence-electron chi connectivity index (χ0n) is 16.5. The van der Waals surface area contributed by atoms with Gasteiger partial charge in [-0.2, -0.15) is 0 Å². The fourth-order valence-corrected chi connectivity index (χ4v) is 3.18. The van der Waals surface area contributed by atoms with Crippen LogP contribution in [0.25, 0.3) is 11.0 Å². The van der Waals surface area contributed by atoms with Gasteiger partial charge in [0.1, 0.15) is 0 Å². The van der Waals surface area contributed by atoms with Crippen molar-refractivity contribution in [2.75, 3.05) is 13.7 Å². The number of nitrogens with zero attached hydrogens (tertiary/aromatic N) is 2. The van der Waals surface area contributed by atoms with Crippen molar-refractivity contribution in [1.29, 1.82) is 0 Å². The highest BCUT2D eigenvalue weighted by atomic mass is 16.5. The van der Waals surface area contributed by atoms with Crippen LogP contribution in [0.5, 0.6) is 11.5 Å². The van der Waals surface area contributed by atoms with E-state index in [1.165, 1.54) is 22.2 Å². The Kier molecular flexibility index (Phi) is 6.17. The Morgan fingerprint density at radius 2 is 1.89 bits per heavy atom. The number of unbranched alkanes of at least 4 members (excludes halogenated alkanes) is 1. The van der Waals surface area contributed by atoms with E-state index in [1.807, 2.05) is 24.5 Å². The number of aryl methyl sites for hydroxylation is 3. The van der Waals surface area contributed by atoms with Crippen molar-refractivity contribution in [2.24, 2.45) is 0 Å². The zero-order chi connectivity index (χ0) is 19.2. The summed E-state index contributed by atoms with van der Waals surface area (Å²) >= 11 is 0. The van der Waals surface area contributed by atoms with Gasteiger partial charge in [-0.25, -0.2) is 4.98 Å². The lowest BCUT2D eigenvalue weighted by molar-refractivity contribution is 0.284. The summed E-state index contributed by atoms with van der Waals surface area (Å²) < 4.78 is 13.6. The van der Waals surface area contributed by atoms with Gasteiger partial charge in [0.2, 0.25) is 0 Å². The molecule has 0 fully saturated rings. The van der Waals surface area contributed by atoms with Gasteiger partial charge in [-0.1, -0.05) is 12.1 Å². The van der Waals surface area contributed by atoms with Crippen LogP contribution >= 0.6 is 0 Å². The van der Waals surface area contributed by atoms with Gasteiger partial charge in [0.05, 0.1) is 31.1 Å². The number of methoxy groups -OCH3 is 1. The number of allylic oxidation sites excluding steroid dienone is 1. The highest BCUT2D eigenvalue weighted by Crippen LogP contribution is 2.28. The standard InChI is InChI=1S/C23H28N2O2/c1-5-8-19-9-10-22(23(15-19)26-4)27-12-7-6-11-25-16-24-20-13-17(2)18(3)14-21(20)25/h5,9-10,13-16H,1,6-8,11-12H2,2-4H3. The summed E-state index contributed by atoms with van der Waals surface area (Å²) in [6, 6.07) is 10.4. The molecule has 0 radical (unpaired) electrons. The predicted octanol–water partition coefficient (Wildman–Crippen LogP) is 5.25. The van der Waals surface area contributed by atoms with Crippen LogP contribution in [0, 0.1) is 13.8 Å². The molecule has 0 atom stereocenters. The number of hydrogen-bond acceptors (Lipinski definition) is 3. The van der Waals surface area contributed by atoms with Crippen LogP contribution in [0.3, 0.4) is 0 Å². The predicted molar refractivity (Wildman–Crippen MR) is 111 cm³/mol. The molecule has 1 heterocycles. The number of rotatable bonds is 9. The highest BCUT2D eigenvalue weighted by Gasteiger charge is 2.07. The van der Waals surface area contributed by atoms with E-state index < -0.39 is 0 Å². The van der Waals surface area contributed by atoms with Crippen molar-refractivity contribution in [3.8, 4) is 11.5 Å². The first-order chi connectivity index (χ1) is 13.1. The molecule has 0 aliphatic heterocycles. The lowest BCUT2D eigenvalue weighted by Crippen LogP contribution is -2.03. The van der Waals surface area contributed by atoms with Crippen molar-refractivity contribution >= 4 is 11.0 Å². The first-order valence-corrected chi connectivity index (χ1v) is 9.45. The first kappa shape index (κ1) is 19.0. The molecular formula is C23H28N2O2. The molecule has 0 aliphatic carbocycles. The molecule has 0 aliphatic rings. The van der Waals surface area contributed by atoms with Crippen LogP contribution in [0.4, 0.5) is 0 Å².